The molecular formula is C16H26N2O. The van der Waals surface area contributed by atoms with E-state index in [0.29, 0.717) is 11.8 Å². The maximum absolute atomic E-state index is 9.75. The monoisotopic (exact) mass is 262 g/mol. The average molecular weight is 262 g/mol. The average Bonchev–Trinajstić information content (AvgIpc) is 2.47. The minimum absolute atomic E-state index is 0.432. The second kappa shape index (κ2) is 5.91. The van der Waals surface area contributed by atoms with Crippen LogP contribution >= 0.6 is 0 Å². The molecule has 0 amide bonds. The Bertz CT molecular complexity index is 394. The van der Waals surface area contributed by atoms with E-state index in [-0.39, 0.29) is 0 Å². The SMILES string of the molecule is CC[C@@H](O)c1ccc(N2CCC(C)(CC)CC2)cn1. The lowest BCUT2D eigenvalue weighted by molar-refractivity contribution is 0.169. The van der Waals surface area contributed by atoms with Crippen LogP contribution in [-0.2, 0) is 0 Å². The molecule has 0 bridgehead atoms. The van der Waals surface area contributed by atoms with Crippen molar-refractivity contribution in [3.8, 4) is 0 Å². The Labute approximate surface area is 116 Å². The predicted octanol–water partition coefficient (Wildman–Crippen LogP) is 3.54. The molecule has 106 valence electrons. The van der Waals surface area contributed by atoms with Crippen LogP contribution in [0, 0.1) is 5.41 Å². The minimum Gasteiger partial charge on any atom is -0.387 e. The van der Waals surface area contributed by atoms with Gasteiger partial charge in [0.05, 0.1) is 23.7 Å². The number of piperidine rings is 1. The van der Waals surface area contributed by atoms with Crippen molar-refractivity contribution in [2.24, 2.45) is 5.41 Å². The first kappa shape index (κ1) is 14.3. The fraction of sp³-hybridized carbons (Fsp3) is 0.688. The summed E-state index contributed by atoms with van der Waals surface area (Å²) < 4.78 is 0. The van der Waals surface area contributed by atoms with Gasteiger partial charge in [-0.2, -0.15) is 0 Å². The molecule has 1 aromatic heterocycles. The van der Waals surface area contributed by atoms with E-state index in [1.54, 1.807) is 0 Å². The molecule has 3 heteroatoms. The molecule has 1 aliphatic rings. The van der Waals surface area contributed by atoms with Crippen molar-refractivity contribution < 1.29 is 5.11 Å². The zero-order valence-corrected chi connectivity index (χ0v) is 12.4. The van der Waals surface area contributed by atoms with Gasteiger partial charge < -0.3 is 10.0 Å². The highest BCUT2D eigenvalue weighted by Gasteiger charge is 2.28. The molecule has 1 aliphatic heterocycles. The lowest BCUT2D eigenvalue weighted by Crippen LogP contribution is -2.38. The van der Waals surface area contributed by atoms with Crippen molar-refractivity contribution >= 4 is 5.69 Å². The van der Waals surface area contributed by atoms with Crippen molar-refractivity contribution in [3.63, 3.8) is 0 Å². The largest absolute Gasteiger partial charge is 0.387 e. The van der Waals surface area contributed by atoms with Gasteiger partial charge in [0, 0.05) is 13.1 Å². The maximum Gasteiger partial charge on any atom is 0.0957 e. The molecular weight excluding hydrogens is 236 g/mol. The van der Waals surface area contributed by atoms with Crippen LogP contribution in [-0.4, -0.2) is 23.2 Å². The van der Waals surface area contributed by atoms with Crippen LogP contribution in [0.3, 0.4) is 0 Å². The molecule has 1 atom stereocenters. The van der Waals surface area contributed by atoms with E-state index in [2.05, 4.69) is 29.8 Å². The zero-order valence-electron chi connectivity index (χ0n) is 12.4. The highest BCUT2D eigenvalue weighted by Crippen LogP contribution is 2.35. The third-order valence-corrected chi connectivity index (χ3v) is 4.69. The van der Waals surface area contributed by atoms with Crippen molar-refractivity contribution in [3.05, 3.63) is 24.0 Å². The molecule has 0 aliphatic carbocycles. The fourth-order valence-electron chi connectivity index (χ4n) is 2.65. The molecule has 0 aromatic carbocycles. The second-order valence-electron chi connectivity index (χ2n) is 6.02. The topological polar surface area (TPSA) is 36.4 Å². The van der Waals surface area contributed by atoms with Crippen molar-refractivity contribution in [2.75, 3.05) is 18.0 Å². The highest BCUT2D eigenvalue weighted by molar-refractivity contribution is 5.45. The molecule has 0 unspecified atom stereocenters. The summed E-state index contributed by atoms with van der Waals surface area (Å²) in [7, 11) is 0. The first-order valence-corrected chi connectivity index (χ1v) is 7.47. The van der Waals surface area contributed by atoms with Gasteiger partial charge in [0.15, 0.2) is 0 Å². The summed E-state index contributed by atoms with van der Waals surface area (Å²) in [6, 6.07) is 4.05. The summed E-state index contributed by atoms with van der Waals surface area (Å²) >= 11 is 0. The molecule has 0 radical (unpaired) electrons. The number of aromatic nitrogens is 1. The first-order valence-electron chi connectivity index (χ1n) is 7.47. The Kier molecular flexibility index (Phi) is 4.46. The number of aliphatic hydroxyl groups is 1. The van der Waals surface area contributed by atoms with Crippen molar-refractivity contribution in [1.29, 1.82) is 0 Å². The Morgan fingerprint density at radius 1 is 1.32 bits per heavy atom. The van der Waals surface area contributed by atoms with Crippen LogP contribution in [0.5, 0.6) is 0 Å². The van der Waals surface area contributed by atoms with Gasteiger partial charge >= 0.3 is 0 Å². The van der Waals surface area contributed by atoms with Crippen molar-refractivity contribution in [1.82, 2.24) is 4.98 Å². The predicted molar refractivity (Wildman–Crippen MR) is 79.3 cm³/mol. The van der Waals surface area contributed by atoms with Crippen LogP contribution in [0.25, 0.3) is 0 Å². The van der Waals surface area contributed by atoms with Crippen LogP contribution in [0.15, 0.2) is 18.3 Å². The summed E-state index contributed by atoms with van der Waals surface area (Å²) in [6.07, 6.45) is 5.96. The van der Waals surface area contributed by atoms with E-state index >= 15 is 0 Å². The van der Waals surface area contributed by atoms with E-state index in [4.69, 9.17) is 0 Å². The third kappa shape index (κ3) is 3.27. The first-order chi connectivity index (χ1) is 9.08. The lowest BCUT2D eigenvalue weighted by Gasteiger charge is -2.40. The Hall–Kier alpha value is -1.09. The van der Waals surface area contributed by atoms with E-state index in [1.165, 1.54) is 24.9 Å². The van der Waals surface area contributed by atoms with Crippen molar-refractivity contribution in [2.45, 2.75) is 52.6 Å². The molecule has 1 N–H and O–H groups in total. The van der Waals surface area contributed by atoms with Crippen LogP contribution < -0.4 is 4.90 Å². The Morgan fingerprint density at radius 2 is 2.00 bits per heavy atom. The molecule has 1 fully saturated rings. The van der Waals surface area contributed by atoms with Gasteiger partial charge in [-0.1, -0.05) is 27.2 Å². The summed E-state index contributed by atoms with van der Waals surface area (Å²) in [5.74, 6) is 0. The maximum atomic E-state index is 9.75. The molecule has 3 nitrogen and oxygen atoms in total. The van der Waals surface area contributed by atoms with Gasteiger partial charge in [-0.3, -0.25) is 4.98 Å². The number of nitrogens with zero attached hydrogens (tertiary/aromatic N) is 2. The minimum atomic E-state index is -0.432. The van der Waals surface area contributed by atoms with E-state index in [1.807, 2.05) is 19.2 Å². The molecule has 0 spiro atoms. The molecule has 19 heavy (non-hydrogen) atoms. The summed E-state index contributed by atoms with van der Waals surface area (Å²) in [5, 5.41) is 9.75. The molecule has 0 saturated carbocycles. The third-order valence-electron chi connectivity index (χ3n) is 4.69. The fourth-order valence-corrected chi connectivity index (χ4v) is 2.65. The number of rotatable bonds is 4. The van der Waals surface area contributed by atoms with E-state index in [0.717, 1.165) is 18.8 Å². The normalized spacial score (nSPS) is 20.3. The molecule has 2 heterocycles. The second-order valence-corrected chi connectivity index (χ2v) is 6.02. The number of hydrogen-bond donors (Lipinski definition) is 1. The standard InChI is InChI=1S/C16H26N2O/c1-4-15(19)14-7-6-13(12-17-14)18-10-8-16(3,5-2)9-11-18/h6-7,12,15,19H,4-5,8-11H2,1-3H3/t15-/m1/s1. The molecule has 1 saturated heterocycles. The Balaban J connectivity index is 2.00. The quantitative estimate of drug-likeness (QED) is 0.901. The zero-order chi connectivity index (χ0) is 13.9. The van der Waals surface area contributed by atoms with Gasteiger partial charge in [-0.25, -0.2) is 0 Å². The lowest BCUT2D eigenvalue weighted by atomic mass is 9.78. The van der Waals surface area contributed by atoms with Gasteiger partial charge in [0.1, 0.15) is 0 Å². The smallest absolute Gasteiger partial charge is 0.0957 e. The summed E-state index contributed by atoms with van der Waals surface area (Å²) in [6.45, 7) is 8.88. The van der Waals surface area contributed by atoms with Crippen LogP contribution in [0.1, 0.15) is 58.3 Å². The van der Waals surface area contributed by atoms with E-state index in [9.17, 15) is 5.11 Å². The number of aliphatic hydroxyl groups excluding tert-OH is 1. The van der Waals surface area contributed by atoms with E-state index < -0.39 is 6.10 Å². The molecule has 2 rings (SSSR count). The summed E-state index contributed by atoms with van der Waals surface area (Å²) in [4.78, 5) is 6.80. The highest BCUT2D eigenvalue weighted by atomic mass is 16.3. The van der Waals surface area contributed by atoms with Gasteiger partial charge in [0.25, 0.3) is 0 Å². The van der Waals surface area contributed by atoms with Gasteiger partial charge in [-0.15, -0.1) is 0 Å². The molecule has 1 aromatic rings. The number of anilines is 1. The van der Waals surface area contributed by atoms with Crippen LogP contribution in [0.2, 0.25) is 0 Å². The Morgan fingerprint density at radius 3 is 2.47 bits per heavy atom. The van der Waals surface area contributed by atoms with Gasteiger partial charge in [-0.05, 0) is 36.8 Å². The number of hydrogen-bond acceptors (Lipinski definition) is 3. The summed E-state index contributed by atoms with van der Waals surface area (Å²) in [5.41, 5.74) is 2.48. The van der Waals surface area contributed by atoms with Gasteiger partial charge in [0.2, 0.25) is 0 Å². The number of pyridine rings is 1. The van der Waals surface area contributed by atoms with Crippen LogP contribution in [0.4, 0.5) is 5.69 Å².